The van der Waals surface area contributed by atoms with Gasteiger partial charge in [0.2, 0.25) is 0 Å². The molecule has 5 nitrogen and oxygen atoms in total. The van der Waals surface area contributed by atoms with Crippen LogP contribution in [0.5, 0.6) is 5.75 Å². The quantitative estimate of drug-likeness (QED) is 0.443. The Hall–Kier alpha value is -1.75. The number of hydrogen-bond acceptors (Lipinski definition) is 5. The van der Waals surface area contributed by atoms with Gasteiger partial charge in [0.15, 0.2) is 0 Å². The lowest BCUT2D eigenvalue weighted by atomic mass is 10.2. The van der Waals surface area contributed by atoms with E-state index < -0.39 is 5.97 Å². The van der Waals surface area contributed by atoms with Crippen molar-refractivity contribution in [3.05, 3.63) is 23.8 Å². The van der Waals surface area contributed by atoms with Gasteiger partial charge in [-0.1, -0.05) is 0 Å². The van der Waals surface area contributed by atoms with E-state index in [-0.39, 0.29) is 6.61 Å². The van der Waals surface area contributed by atoms with E-state index >= 15 is 0 Å². The number of benzene rings is 1. The van der Waals surface area contributed by atoms with Gasteiger partial charge in [-0.15, -0.1) is 0 Å². The zero-order valence-electron chi connectivity index (χ0n) is 9.81. The van der Waals surface area contributed by atoms with Crippen LogP contribution in [0.3, 0.4) is 0 Å². The highest BCUT2D eigenvalue weighted by molar-refractivity contribution is 5.90. The highest BCUT2D eigenvalue weighted by atomic mass is 16.5. The molecule has 0 aliphatic carbocycles. The lowest BCUT2D eigenvalue weighted by Crippen LogP contribution is -2.05. The number of rotatable bonds is 6. The Morgan fingerprint density at radius 2 is 2.18 bits per heavy atom. The number of carbonyl (C=O) groups excluding carboxylic acids is 1. The highest BCUT2D eigenvalue weighted by Gasteiger charge is 2.08. The van der Waals surface area contributed by atoms with E-state index in [1.54, 1.807) is 12.1 Å². The maximum absolute atomic E-state index is 11.2. The molecule has 0 aromatic heterocycles. The first-order valence-corrected chi connectivity index (χ1v) is 5.40. The molecule has 0 aliphatic heterocycles. The number of hydrogen-bond donors (Lipinski definition) is 2. The van der Waals surface area contributed by atoms with Gasteiger partial charge in [-0.3, -0.25) is 0 Å². The van der Waals surface area contributed by atoms with Crippen LogP contribution >= 0.6 is 0 Å². The molecule has 0 fully saturated rings. The average molecular weight is 239 g/mol. The molecule has 0 saturated carbocycles. The predicted molar refractivity (Wildman–Crippen MR) is 64.0 cm³/mol. The van der Waals surface area contributed by atoms with Crippen LogP contribution in [0.25, 0.3) is 0 Å². The topological polar surface area (TPSA) is 81.8 Å². The minimum Gasteiger partial charge on any atom is -0.491 e. The maximum Gasteiger partial charge on any atom is 0.337 e. The number of nitrogens with two attached hydrogens (primary N) is 1. The van der Waals surface area contributed by atoms with Crippen LogP contribution in [0.2, 0.25) is 0 Å². The van der Waals surface area contributed by atoms with Crippen molar-refractivity contribution in [1.29, 1.82) is 0 Å². The summed E-state index contributed by atoms with van der Waals surface area (Å²) >= 11 is 0. The lowest BCUT2D eigenvalue weighted by Gasteiger charge is -2.09. The van der Waals surface area contributed by atoms with E-state index in [9.17, 15) is 4.79 Å². The number of aliphatic hydroxyl groups is 1. The highest BCUT2D eigenvalue weighted by Crippen LogP contribution is 2.23. The molecule has 0 atom stereocenters. The largest absolute Gasteiger partial charge is 0.491 e. The Labute approximate surface area is 100 Å². The molecule has 94 valence electrons. The summed E-state index contributed by atoms with van der Waals surface area (Å²) in [6.45, 7) is 0.641. The third-order valence-corrected chi connectivity index (χ3v) is 2.24. The van der Waals surface area contributed by atoms with Gasteiger partial charge < -0.3 is 20.3 Å². The van der Waals surface area contributed by atoms with Crippen molar-refractivity contribution >= 4 is 11.7 Å². The van der Waals surface area contributed by atoms with Crippen LogP contribution in [0, 0.1) is 0 Å². The Morgan fingerprint density at radius 3 is 2.76 bits per heavy atom. The number of esters is 1. The van der Waals surface area contributed by atoms with Crippen molar-refractivity contribution in [1.82, 2.24) is 0 Å². The molecule has 1 rings (SSSR count). The third kappa shape index (κ3) is 3.96. The second-order valence-electron chi connectivity index (χ2n) is 3.52. The van der Waals surface area contributed by atoms with E-state index in [0.717, 1.165) is 6.42 Å². The van der Waals surface area contributed by atoms with Crippen molar-refractivity contribution in [2.24, 2.45) is 0 Å². The summed E-state index contributed by atoms with van der Waals surface area (Å²) in [5.41, 5.74) is 6.54. The van der Waals surface area contributed by atoms with Crippen LogP contribution in [-0.4, -0.2) is 31.4 Å². The molecule has 3 N–H and O–H groups in total. The van der Waals surface area contributed by atoms with Crippen LogP contribution in [-0.2, 0) is 4.74 Å². The molecule has 17 heavy (non-hydrogen) atoms. The van der Waals surface area contributed by atoms with Crippen LogP contribution in [0.15, 0.2) is 18.2 Å². The summed E-state index contributed by atoms with van der Waals surface area (Å²) in [5, 5.41) is 8.61. The van der Waals surface area contributed by atoms with Crippen molar-refractivity contribution in [2.45, 2.75) is 12.8 Å². The van der Waals surface area contributed by atoms with E-state index in [4.69, 9.17) is 15.6 Å². The Morgan fingerprint density at radius 1 is 1.41 bits per heavy atom. The minimum absolute atomic E-state index is 0.153. The van der Waals surface area contributed by atoms with Crippen molar-refractivity contribution < 1.29 is 19.4 Å². The van der Waals surface area contributed by atoms with Gasteiger partial charge in [-0.25, -0.2) is 4.79 Å². The normalized spacial score (nSPS) is 10.0. The maximum atomic E-state index is 11.2. The van der Waals surface area contributed by atoms with E-state index in [2.05, 4.69) is 4.74 Å². The van der Waals surface area contributed by atoms with Gasteiger partial charge in [0.05, 0.1) is 25.0 Å². The van der Waals surface area contributed by atoms with Crippen LogP contribution in [0.1, 0.15) is 23.2 Å². The Balaban J connectivity index is 2.60. The zero-order valence-corrected chi connectivity index (χ0v) is 9.81. The summed E-state index contributed by atoms with van der Waals surface area (Å²) in [5.74, 6) is 0.110. The molecule has 1 aromatic carbocycles. The number of methoxy groups -OCH3 is 1. The first-order valence-electron chi connectivity index (χ1n) is 5.40. The molecular weight excluding hydrogens is 222 g/mol. The Kier molecular flexibility index (Phi) is 5.29. The summed E-state index contributed by atoms with van der Waals surface area (Å²) in [6, 6.07) is 4.76. The van der Waals surface area contributed by atoms with Gasteiger partial charge in [-0.2, -0.15) is 0 Å². The predicted octanol–water partition coefficient (Wildman–Crippen LogP) is 1.21. The molecule has 5 heteroatoms. The summed E-state index contributed by atoms with van der Waals surface area (Å²) in [4.78, 5) is 11.2. The fourth-order valence-electron chi connectivity index (χ4n) is 1.32. The first-order chi connectivity index (χ1) is 8.19. The molecule has 0 bridgehead atoms. The number of anilines is 1. The van der Waals surface area contributed by atoms with Gasteiger partial charge in [0.25, 0.3) is 0 Å². The molecule has 1 aromatic rings. The SMILES string of the molecule is COC(=O)c1ccc(OCCCCO)c(N)c1. The standard InChI is InChI=1S/C12H17NO4/c1-16-12(15)9-4-5-11(10(13)8-9)17-7-3-2-6-14/h4-5,8,14H,2-3,6-7,13H2,1H3. The minimum atomic E-state index is -0.427. The van der Waals surface area contributed by atoms with Crippen LogP contribution in [0.4, 0.5) is 5.69 Å². The molecule has 0 radical (unpaired) electrons. The third-order valence-electron chi connectivity index (χ3n) is 2.24. The lowest BCUT2D eigenvalue weighted by molar-refractivity contribution is 0.0600. The van der Waals surface area contributed by atoms with Gasteiger partial charge in [0, 0.05) is 6.61 Å². The number of aliphatic hydroxyl groups excluding tert-OH is 1. The molecule has 0 unspecified atom stereocenters. The summed E-state index contributed by atoms with van der Waals surface area (Å²) < 4.78 is 10.0. The van der Waals surface area contributed by atoms with Crippen molar-refractivity contribution in [3.8, 4) is 5.75 Å². The summed E-state index contributed by atoms with van der Waals surface area (Å²) in [6.07, 6.45) is 1.45. The van der Waals surface area contributed by atoms with E-state index in [0.29, 0.717) is 30.0 Å². The van der Waals surface area contributed by atoms with Gasteiger partial charge in [0.1, 0.15) is 5.75 Å². The van der Waals surface area contributed by atoms with Gasteiger partial charge >= 0.3 is 5.97 Å². The molecular formula is C12H17NO4. The number of nitrogen functional groups attached to an aromatic ring is 1. The second-order valence-corrected chi connectivity index (χ2v) is 3.52. The monoisotopic (exact) mass is 239 g/mol. The Bertz CT molecular complexity index is 379. The molecule has 0 amide bonds. The second kappa shape index (κ2) is 6.75. The number of ether oxygens (including phenoxy) is 2. The molecule has 0 aliphatic rings. The average Bonchev–Trinajstić information content (AvgIpc) is 2.35. The fraction of sp³-hybridized carbons (Fsp3) is 0.417. The molecule has 0 saturated heterocycles. The van der Waals surface area contributed by atoms with Crippen molar-refractivity contribution in [2.75, 3.05) is 26.1 Å². The molecule has 0 heterocycles. The molecule has 0 spiro atoms. The smallest absolute Gasteiger partial charge is 0.337 e. The van der Waals surface area contributed by atoms with E-state index in [1.165, 1.54) is 13.2 Å². The summed E-state index contributed by atoms with van der Waals surface area (Å²) in [7, 11) is 1.32. The number of carbonyl (C=O) groups is 1. The van der Waals surface area contributed by atoms with E-state index in [1.807, 2.05) is 0 Å². The number of unbranched alkanes of at least 4 members (excludes halogenated alkanes) is 1. The van der Waals surface area contributed by atoms with Crippen LogP contribution < -0.4 is 10.5 Å². The zero-order chi connectivity index (χ0) is 12.7. The first kappa shape index (κ1) is 13.3. The van der Waals surface area contributed by atoms with Gasteiger partial charge in [-0.05, 0) is 31.0 Å². The van der Waals surface area contributed by atoms with Crippen molar-refractivity contribution in [3.63, 3.8) is 0 Å². The fourth-order valence-corrected chi connectivity index (χ4v) is 1.32.